The number of amides is 1. The van der Waals surface area contributed by atoms with E-state index < -0.39 is 5.97 Å². The Morgan fingerprint density at radius 2 is 1.95 bits per heavy atom. The second kappa shape index (κ2) is 7.81. The van der Waals surface area contributed by atoms with Crippen LogP contribution in [0.4, 0.5) is 0 Å². The molecule has 21 heavy (non-hydrogen) atoms. The van der Waals surface area contributed by atoms with Crippen LogP contribution in [0.15, 0.2) is 41.8 Å². The summed E-state index contributed by atoms with van der Waals surface area (Å²) in [5.74, 6) is -0.753. The first-order valence-corrected chi connectivity index (χ1v) is 7.58. The lowest BCUT2D eigenvalue weighted by Gasteiger charge is -2.06. The van der Waals surface area contributed by atoms with Gasteiger partial charge < -0.3 is 10.1 Å². The highest BCUT2D eigenvalue weighted by atomic mass is 35.5. The highest BCUT2D eigenvalue weighted by molar-refractivity contribution is 7.09. The third kappa shape index (κ3) is 5.57. The van der Waals surface area contributed by atoms with Gasteiger partial charge in [0.2, 0.25) is 0 Å². The molecule has 0 spiro atoms. The standard InChI is InChI=1S/C15H14ClNO3S/c16-12-5-3-11(4-6-12)8-15(19)20-10-14(18)17-9-13-2-1-7-21-13/h1-7H,8-10H2,(H,17,18). The zero-order valence-corrected chi connectivity index (χ0v) is 12.7. The van der Waals surface area contributed by atoms with Crippen LogP contribution in [0.1, 0.15) is 10.4 Å². The maximum atomic E-state index is 11.6. The molecule has 0 saturated heterocycles. The molecule has 0 saturated carbocycles. The number of hydrogen-bond acceptors (Lipinski definition) is 4. The van der Waals surface area contributed by atoms with E-state index in [1.807, 2.05) is 17.5 Å². The molecule has 0 bridgehead atoms. The molecule has 0 aliphatic heterocycles. The van der Waals surface area contributed by atoms with Gasteiger partial charge in [0.1, 0.15) is 0 Å². The molecule has 1 aromatic heterocycles. The minimum absolute atomic E-state index is 0.120. The van der Waals surface area contributed by atoms with Crippen molar-refractivity contribution in [1.29, 1.82) is 0 Å². The molecule has 1 aromatic carbocycles. The molecule has 1 heterocycles. The molecule has 1 amide bonds. The summed E-state index contributed by atoms with van der Waals surface area (Å²) in [5, 5.41) is 5.24. The van der Waals surface area contributed by atoms with Crippen LogP contribution in [-0.2, 0) is 27.3 Å². The number of nitrogens with one attached hydrogen (secondary N) is 1. The number of rotatable bonds is 6. The van der Waals surface area contributed by atoms with Crippen molar-refractivity contribution >= 4 is 34.8 Å². The molecule has 0 aliphatic carbocycles. The van der Waals surface area contributed by atoms with Gasteiger partial charge in [0.25, 0.3) is 5.91 Å². The topological polar surface area (TPSA) is 55.4 Å². The van der Waals surface area contributed by atoms with Crippen LogP contribution in [0, 0.1) is 0 Å². The van der Waals surface area contributed by atoms with Crippen molar-refractivity contribution in [2.45, 2.75) is 13.0 Å². The average molecular weight is 324 g/mol. The maximum Gasteiger partial charge on any atom is 0.310 e. The highest BCUT2D eigenvalue weighted by Gasteiger charge is 2.08. The Hall–Kier alpha value is -1.85. The first-order valence-electron chi connectivity index (χ1n) is 6.32. The number of halogens is 1. The van der Waals surface area contributed by atoms with E-state index in [0.717, 1.165) is 10.4 Å². The number of benzene rings is 1. The Labute approximate surface area is 131 Å². The predicted molar refractivity (Wildman–Crippen MR) is 82.3 cm³/mol. The fraction of sp³-hybridized carbons (Fsp3) is 0.200. The molecule has 0 aliphatic rings. The van der Waals surface area contributed by atoms with Crippen molar-refractivity contribution in [2.24, 2.45) is 0 Å². The van der Waals surface area contributed by atoms with Crippen LogP contribution in [-0.4, -0.2) is 18.5 Å². The summed E-state index contributed by atoms with van der Waals surface area (Å²) >= 11 is 7.32. The van der Waals surface area contributed by atoms with E-state index in [2.05, 4.69) is 5.32 Å². The van der Waals surface area contributed by atoms with Crippen molar-refractivity contribution in [1.82, 2.24) is 5.32 Å². The summed E-state index contributed by atoms with van der Waals surface area (Å²) < 4.78 is 4.93. The van der Waals surface area contributed by atoms with Crippen LogP contribution in [0.5, 0.6) is 0 Å². The lowest BCUT2D eigenvalue weighted by molar-refractivity contribution is -0.147. The number of carbonyl (C=O) groups is 2. The third-order valence-corrected chi connectivity index (χ3v) is 3.79. The normalized spacial score (nSPS) is 10.1. The third-order valence-electron chi connectivity index (χ3n) is 2.67. The largest absolute Gasteiger partial charge is 0.455 e. The molecule has 6 heteroatoms. The van der Waals surface area contributed by atoms with Crippen molar-refractivity contribution in [3.63, 3.8) is 0 Å². The van der Waals surface area contributed by atoms with Gasteiger partial charge in [-0.25, -0.2) is 0 Å². The van der Waals surface area contributed by atoms with Crippen LogP contribution >= 0.6 is 22.9 Å². The monoisotopic (exact) mass is 323 g/mol. The summed E-state index contributed by atoms with van der Waals surface area (Å²) in [4.78, 5) is 24.2. The average Bonchev–Trinajstić information content (AvgIpc) is 2.99. The minimum Gasteiger partial charge on any atom is -0.455 e. The minimum atomic E-state index is -0.441. The SMILES string of the molecule is O=C(COC(=O)Cc1ccc(Cl)cc1)NCc1cccs1. The van der Waals surface area contributed by atoms with Gasteiger partial charge in [-0.3, -0.25) is 9.59 Å². The molecule has 0 radical (unpaired) electrons. The second-order valence-electron chi connectivity index (χ2n) is 4.32. The Balaban J connectivity index is 1.68. The van der Waals surface area contributed by atoms with E-state index in [1.54, 1.807) is 35.6 Å². The van der Waals surface area contributed by atoms with Crippen LogP contribution in [0.2, 0.25) is 5.02 Å². The fourth-order valence-corrected chi connectivity index (χ4v) is 2.39. The van der Waals surface area contributed by atoms with Crippen LogP contribution in [0.3, 0.4) is 0 Å². The van der Waals surface area contributed by atoms with Gasteiger partial charge in [-0.15, -0.1) is 11.3 Å². The van der Waals surface area contributed by atoms with E-state index in [0.29, 0.717) is 11.6 Å². The van der Waals surface area contributed by atoms with Gasteiger partial charge in [0, 0.05) is 9.90 Å². The molecule has 110 valence electrons. The Kier molecular flexibility index (Phi) is 5.78. The summed E-state index contributed by atoms with van der Waals surface area (Å²) in [6, 6.07) is 10.8. The molecule has 4 nitrogen and oxygen atoms in total. The number of esters is 1. The van der Waals surface area contributed by atoms with E-state index >= 15 is 0 Å². The lowest BCUT2D eigenvalue weighted by atomic mass is 10.1. The van der Waals surface area contributed by atoms with E-state index in [1.165, 1.54) is 0 Å². The Bertz CT molecular complexity index is 596. The lowest BCUT2D eigenvalue weighted by Crippen LogP contribution is -2.28. The molecule has 0 atom stereocenters. The zero-order chi connectivity index (χ0) is 15.1. The van der Waals surface area contributed by atoms with Gasteiger partial charge in [-0.1, -0.05) is 29.8 Å². The van der Waals surface area contributed by atoms with Crippen LogP contribution < -0.4 is 5.32 Å². The van der Waals surface area contributed by atoms with Gasteiger partial charge in [-0.2, -0.15) is 0 Å². The van der Waals surface area contributed by atoms with Crippen molar-refractivity contribution in [3.8, 4) is 0 Å². The summed E-state index contributed by atoms with van der Waals surface area (Å²) in [6.45, 7) is 0.184. The van der Waals surface area contributed by atoms with Crippen LogP contribution in [0.25, 0.3) is 0 Å². The fourth-order valence-electron chi connectivity index (χ4n) is 1.62. The highest BCUT2D eigenvalue weighted by Crippen LogP contribution is 2.10. The van der Waals surface area contributed by atoms with Crippen molar-refractivity contribution in [2.75, 3.05) is 6.61 Å². The zero-order valence-electron chi connectivity index (χ0n) is 11.2. The second-order valence-corrected chi connectivity index (χ2v) is 5.79. The Morgan fingerprint density at radius 3 is 2.62 bits per heavy atom. The first-order chi connectivity index (χ1) is 10.1. The van der Waals surface area contributed by atoms with Gasteiger partial charge >= 0.3 is 5.97 Å². The van der Waals surface area contributed by atoms with Crippen molar-refractivity contribution in [3.05, 3.63) is 57.2 Å². The van der Waals surface area contributed by atoms with Gasteiger partial charge in [0.05, 0.1) is 13.0 Å². The maximum absolute atomic E-state index is 11.6. The molecule has 2 rings (SSSR count). The molecule has 0 fully saturated rings. The summed E-state index contributed by atoms with van der Waals surface area (Å²) in [6.07, 6.45) is 0.120. The smallest absolute Gasteiger partial charge is 0.310 e. The number of ether oxygens (including phenoxy) is 1. The predicted octanol–water partition coefficient (Wildman–Crippen LogP) is 2.80. The summed E-state index contributed by atoms with van der Waals surface area (Å²) in [5.41, 5.74) is 0.795. The van der Waals surface area contributed by atoms with E-state index in [4.69, 9.17) is 16.3 Å². The molecule has 2 aromatic rings. The molecule has 1 N–H and O–H groups in total. The quantitative estimate of drug-likeness (QED) is 0.832. The van der Waals surface area contributed by atoms with Crippen molar-refractivity contribution < 1.29 is 14.3 Å². The first kappa shape index (κ1) is 15.5. The van der Waals surface area contributed by atoms with E-state index in [9.17, 15) is 9.59 Å². The Morgan fingerprint density at radius 1 is 1.19 bits per heavy atom. The number of thiophene rings is 1. The van der Waals surface area contributed by atoms with Gasteiger partial charge in [0.15, 0.2) is 6.61 Å². The molecular formula is C15H14ClNO3S. The summed E-state index contributed by atoms with van der Waals surface area (Å²) in [7, 11) is 0. The number of hydrogen-bond donors (Lipinski definition) is 1. The number of carbonyl (C=O) groups excluding carboxylic acids is 2. The molecule has 0 unspecified atom stereocenters. The molecular weight excluding hydrogens is 310 g/mol. The van der Waals surface area contributed by atoms with E-state index in [-0.39, 0.29) is 18.9 Å². The van der Waals surface area contributed by atoms with Gasteiger partial charge in [-0.05, 0) is 29.1 Å².